The van der Waals surface area contributed by atoms with Crippen LogP contribution in [-0.4, -0.2) is 44.2 Å². The summed E-state index contributed by atoms with van der Waals surface area (Å²) < 4.78 is 5.30. The fourth-order valence-electron chi connectivity index (χ4n) is 3.15. The first-order chi connectivity index (χ1) is 12.6. The number of rotatable bonds is 3. The van der Waals surface area contributed by atoms with Gasteiger partial charge in [0.25, 0.3) is 5.91 Å². The fourth-order valence-corrected chi connectivity index (χ4v) is 3.34. The molecule has 4 rings (SSSR count). The summed E-state index contributed by atoms with van der Waals surface area (Å²) in [5.41, 5.74) is 0.728. The van der Waals surface area contributed by atoms with Crippen molar-refractivity contribution in [3.63, 3.8) is 0 Å². The van der Waals surface area contributed by atoms with Gasteiger partial charge in [0.15, 0.2) is 11.5 Å². The van der Waals surface area contributed by atoms with Gasteiger partial charge in [-0.25, -0.2) is 9.89 Å². The van der Waals surface area contributed by atoms with Crippen molar-refractivity contribution in [2.24, 2.45) is 0 Å². The first kappa shape index (κ1) is 16.6. The summed E-state index contributed by atoms with van der Waals surface area (Å²) in [4.78, 5) is 28.2. The summed E-state index contributed by atoms with van der Waals surface area (Å²) in [6, 6.07) is 8.81. The van der Waals surface area contributed by atoms with Gasteiger partial charge in [-0.2, -0.15) is 5.10 Å². The molecule has 134 valence electrons. The number of carbonyl (C=O) groups is 1. The third kappa shape index (κ3) is 3.28. The van der Waals surface area contributed by atoms with Crippen molar-refractivity contribution in [2.75, 3.05) is 13.1 Å². The molecular weight excluding hydrogens is 358 g/mol. The third-order valence-electron chi connectivity index (χ3n) is 4.53. The number of H-pyrrole nitrogens is 2. The van der Waals surface area contributed by atoms with Gasteiger partial charge in [-0.05, 0) is 25.0 Å². The molecule has 0 atom stereocenters. The minimum atomic E-state index is -0.311. The van der Waals surface area contributed by atoms with Gasteiger partial charge in [0.2, 0.25) is 0 Å². The molecule has 0 spiro atoms. The van der Waals surface area contributed by atoms with Gasteiger partial charge in [-0.1, -0.05) is 28.9 Å². The molecule has 1 fully saturated rings. The van der Waals surface area contributed by atoms with E-state index in [9.17, 15) is 9.59 Å². The Labute approximate surface area is 153 Å². The number of hydrogen-bond donors (Lipinski definition) is 2. The minimum absolute atomic E-state index is 0.136. The molecule has 9 heteroatoms. The van der Waals surface area contributed by atoms with E-state index in [0.717, 1.165) is 18.4 Å². The Morgan fingerprint density at radius 3 is 2.77 bits per heavy atom. The second-order valence-electron chi connectivity index (χ2n) is 6.22. The molecule has 0 radical (unpaired) electrons. The molecule has 8 nitrogen and oxygen atoms in total. The number of piperidine rings is 1. The van der Waals surface area contributed by atoms with Crippen LogP contribution < -0.4 is 5.69 Å². The van der Waals surface area contributed by atoms with E-state index < -0.39 is 0 Å². The van der Waals surface area contributed by atoms with E-state index in [-0.39, 0.29) is 23.2 Å². The van der Waals surface area contributed by atoms with Crippen LogP contribution in [-0.2, 0) is 0 Å². The zero-order chi connectivity index (χ0) is 18.1. The first-order valence-corrected chi connectivity index (χ1v) is 8.64. The Bertz CT molecular complexity index is 984. The van der Waals surface area contributed by atoms with Crippen LogP contribution in [0.4, 0.5) is 0 Å². The number of likely N-dealkylation sites (tertiary alicyclic amines) is 1. The summed E-state index contributed by atoms with van der Waals surface area (Å²) in [6.45, 7) is 1.13. The maximum atomic E-state index is 12.7. The molecule has 0 aliphatic carbocycles. The van der Waals surface area contributed by atoms with Crippen molar-refractivity contribution in [1.82, 2.24) is 25.2 Å². The Morgan fingerprint density at radius 1 is 1.27 bits per heavy atom. The fraction of sp³-hybridized carbons (Fsp3) is 0.294. The van der Waals surface area contributed by atoms with Crippen LogP contribution in [0.3, 0.4) is 0 Å². The van der Waals surface area contributed by atoms with Crippen LogP contribution in [0.25, 0.3) is 11.3 Å². The Kier molecular flexibility index (Phi) is 4.34. The van der Waals surface area contributed by atoms with Gasteiger partial charge >= 0.3 is 5.69 Å². The van der Waals surface area contributed by atoms with E-state index in [1.54, 1.807) is 23.1 Å². The number of amides is 1. The number of aromatic nitrogens is 4. The Hall–Kier alpha value is -2.87. The lowest BCUT2D eigenvalue weighted by molar-refractivity contribution is 0.0700. The van der Waals surface area contributed by atoms with Gasteiger partial charge in [0.05, 0.1) is 0 Å². The summed E-state index contributed by atoms with van der Waals surface area (Å²) in [5.74, 6) is 1.11. The molecule has 1 aromatic carbocycles. The van der Waals surface area contributed by atoms with E-state index in [4.69, 9.17) is 16.1 Å². The van der Waals surface area contributed by atoms with E-state index >= 15 is 0 Å². The lowest BCUT2D eigenvalue weighted by Crippen LogP contribution is -2.38. The van der Waals surface area contributed by atoms with Crippen LogP contribution >= 0.6 is 11.6 Å². The van der Waals surface area contributed by atoms with Gasteiger partial charge in [0, 0.05) is 35.7 Å². The highest BCUT2D eigenvalue weighted by Gasteiger charge is 2.28. The van der Waals surface area contributed by atoms with Crippen LogP contribution in [0.2, 0.25) is 5.02 Å². The largest absolute Gasteiger partial charge is 0.355 e. The van der Waals surface area contributed by atoms with Gasteiger partial charge in [0.1, 0.15) is 5.82 Å². The summed E-state index contributed by atoms with van der Waals surface area (Å²) in [6.07, 6.45) is 1.46. The monoisotopic (exact) mass is 373 g/mol. The van der Waals surface area contributed by atoms with E-state index in [2.05, 4.69) is 20.3 Å². The lowest BCUT2D eigenvalue weighted by atomic mass is 9.96. The van der Waals surface area contributed by atoms with Gasteiger partial charge in [-0.15, -0.1) is 0 Å². The zero-order valence-corrected chi connectivity index (χ0v) is 14.5. The zero-order valence-electron chi connectivity index (χ0n) is 13.7. The van der Waals surface area contributed by atoms with E-state index in [1.165, 1.54) is 0 Å². The number of nitrogens with zero attached hydrogens (tertiary/aromatic N) is 3. The summed E-state index contributed by atoms with van der Waals surface area (Å²) >= 11 is 5.98. The molecular formula is C17H16ClN5O3. The van der Waals surface area contributed by atoms with Gasteiger partial charge < -0.3 is 9.42 Å². The topological polar surface area (TPSA) is 108 Å². The number of carbonyl (C=O) groups excluding carboxylic acids is 1. The molecule has 0 unspecified atom stereocenters. The first-order valence-electron chi connectivity index (χ1n) is 8.26. The lowest BCUT2D eigenvalue weighted by Gasteiger charge is -2.30. The van der Waals surface area contributed by atoms with Crippen LogP contribution in [0.5, 0.6) is 0 Å². The molecule has 2 aromatic heterocycles. The molecule has 1 amide bonds. The van der Waals surface area contributed by atoms with Crippen molar-refractivity contribution in [3.8, 4) is 11.3 Å². The van der Waals surface area contributed by atoms with E-state index in [1.807, 2.05) is 12.1 Å². The number of nitrogens with one attached hydrogen (secondary N) is 2. The maximum absolute atomic E-state index is 12.7. The van der Waals surface area contributed by atoms with Crippen molar-refractivity contribution in [3.05, 3.63) is 57.4 Å². The van der Waals surface area contributed by atoms with E-state index in [0.29, 0.717) is 29.7 Å². The molecule has 0 bridgehead atoms. The minimum Gasteiger partial charge on any atom is -0.355 e. The second-order valence-corrected chi connectivity index (χ2v) is 6.65. The molecule has 3 aromatic rings. The summed E-state index contributed by atoms with van der Waals surface area (Å²) in [5, 5.41) is 10.8. The second kappa shape index (κ2) is 6.80. The highest BCUT2D eigenvalue weighted by atomic mass is 35.5. The highest BCUT2D eigenvalue weighted by Crippen LogP contribution is 2.27. The quantitative estimate of drug-likeness (QED) is 0.733. The molecule has 1 aliphatic heterocycles. The number of hydrogen-bond acceptors (Lipinski definition) is 5. The summed E-state index contributed by atoms with van der Waals surface area (Å²) in [7, 11) is 0. The van der Waals surface area contributed by atoms with Crippen LogP contribution in [0.1, 0.15) is 35.1 Å². The normalized spacial score (nSPS) is 15.3. The Balaban J connectivity index is 1.43. The third-order valence-corrected chi connectivity index (χ3v) is 4.76. The molecule has 0 saturated carbocycles. The molecule has 3 heterocycles. The number of benzene rings is 1. The van der Waals surface area contributed by atoms with Crippen molar-refractivity contribution >= 4 is 17.5 Å². The van der Waals surface area contributed by atoms with Crippen LogP contribution in [0.15, 0.2) is 39.6 Å². The maximum Gasteiger partial charge on any atom is 0.340 e. The van der Waals surface area contributed by atoms with Crippen LogP contribution in [0, 0.1) is 0 Å². The average molecular weight is 374 g/mol. The predicted octanol–water partition coefficient (Wildman–Crippen LogP) is 2.43. The molecule has 2 N–H and O–H groups in total. The van der Waals surface area contributed by atoms with Crippen molar-refractivity contribution < 1.29 is 9.32 Å². The smallest absolute Gasteiger partial charge is 0.340 e. The Morgan fingerprint density at radius 2 is 2.08 bits per heavy atom. The standard InChI is InChI=1S/C17H16ClN5O3/c18-12-3-1-2-11(8-12)14-9-13(22-26-14)16(24)23-6-4-10(5-7-23)15-19-17(25)21-20-15/h1-3,8-10H,4-7H2,(H2,19,20,21,25). The van der Waals surface area contributed by atoms with Gasteiger partial charge in [-0.3, -0.25) is 9.78 Å². The molecule has 26 heavy (non-hydrogen) atoms. The SMILES string of the molecule is O=C(c1cc(-c2cccc(Cl)c2)on1)N1CCC(c2n[nH]c(=O)[nH]2)CC1. The molecule has 1 saturated heterocycles. The van der Waals surface area contributed by atoms with Crippen molar-refractivity contribution in [1.29, 1.82) is 0 Å². The predicted molar refractivity (Wildman–Crippen MR) is 94.0 cm³/mol. The molecule has 1 aliphatic rings. The number of halogens is 1. The average Bonchev–Trinajstić information content (AvgIpc) is 3.31. The highest BCUT2D eigenvalue weighted by molar-refractivity contribution is 6.30. The number of aromatic amines is 2. The van der Waals surface area contributed by atoms with Crippen molar-refractivity contribution in [2.45, 2.75) is 18.8 Å².